The minimum atomic E-state index is 0. The quantitative estimate of drug-likeness (QED) is 0.370. The van der Waals surface area contributed by atoms with Crippen molar-refractivity contribution >= 4 is 41.5 Å². The zero-order chi connectivity index (χ0) is 18.9. The number of fused-ring (bicyclic) bond motifs is 1. The highest BCUT2D eigenvalue weighted by atomic mass is 127. The molecule has 1 aliphatic rings. The largest absolute Gasteiger partial charge is 0.357 e. The number of amides is 1. The summed E-state index contributed by atoms with van der Waals surface area (Å²) in [5.41, 5.74) is 3.56. The summed E-state index contributed by atoms with van der Waals surface area (Å²) in [4.78, 5) is 19.1. The summed E-state index contributed by atoms with van der Waals surface area (Å²) in [6.45, 7) is 4.48. The highest BCUT2D eigenvalue weighted by Gasteiger charge is 2.21. The van der Waals surface area contributed by atoms with E-state index in [2.05, 4.69) is 33.8 Å². The molecule has 28 heavy (non-hydrogen) atoms. The van der Waals surface area contributed by atoms with Crippen molar-refractivity contribution in [3.8, 4) is 0 Å². The lowest BCUT2D eigenvalue weighted by molar-refractivity contribution is -0.117. The van der Waals surface area contributed by atoms with Crippen LogP contribution in [0.1, 0.15) is 24.5 Å². The lowest BCUT2D eigenvalue weighted by Crippen LogP contribution is -2.41. The van der Waals surface area contributed by atoms with Gasteiger partial charge in [-0.15, -0.1) is 24.0 Å². The van der Waals surface area contributed by atoms with Gasteiger partial charge in [0.15, 0.2) is 5.96 Å². The van der Waals surface area contributed by atoms with Gasteiger partial charge in [0.1, 0.15) is 6.54 Å². The summed E-state index contributed by atoms with van der Waals surface area (Å²) < 4.78 is 0. The molecule has 150 valence electrons. The molecule has 0 radical (unpaired) electrons. The monoisotopic (exact) mass is 492 g/mol. The van der Waals surface area contributed by atoms with E-state index in [0.717, 1.165) is 44.6 Å². The van der Waals surface area contributed by atoms with Crippen molar-refractivity contribution in [2.45, 2.75) is 26.2 Å². The first-order chi connectivity index (χ1) is 13.3. The van der Waals surface area contributed by atoms with Crippen LogP contribution >= 0.6 is 24.0 Å². The van der Waals surface area contributed by atoms with Gasteiger partial charge in [0.05, 0.1) is 0 Å². The number of nitrogens with one attached hydrogen (secondary N) is 2. The molecule has 0 aromatic heterocycles. The Bertz CT molecular complexity index is 779. The van der Waals surface area contributed by atoms with E-state index < -0.39 is 0 Å². The third kappa shape index (κ3) is 6.22. The Morgan fingerprint density at radius 3 is 2.61 bits per heavy atom. The van der Waals surface area contributed by atoms with E-state index in [-0.39, 0.29) is 36.4 Å². The number of para-hydroxylation sites is 1. The van der Waals surface area contributed by atoms with Crippen LogP contribution in [0.4, 0.5) is 5.69 Å². The molecule has 0 saturated heterocycles. The lowest BCUT2D eigenvalue weighted by Gasteiger charge is -2.29. The third-order valence-corrected chi connectivity index (χ3v) is 4.68. The van der Waals surface area contributed by atoms with Crippen molar-refractivity contribution in [1.29, 1.82) is 0 Å². The SMILES string of the molecule is CCNC(=NCC(=O)N1CCCc2ccccc21)NCCc1ccccc1.I. The summed E-state index contributed by atoms with van der Waals surface area (Å²) >= 11 is 0. The van der Waals surface area contributed by atoms with E-state index in [1.807, 2.05) is 48.2 Å². The molecule has 2 aromatic carbocycles. The fourth-order valence-electron chi connectivity index (χ4n) is 3.34. The number of hydrogen-bond donors (Lipinski definition) is 2. The average molecular weight is 492 g/mol. The van der Waals surface area contributed by atoms with Gasteiger partial charge in [-0.25, -0.2) is 4.99 Å². The molecule has 0 atom stereocenters. The summed E-state index contributed by atoms with van der Waals surface area (Å²) in [5, 5.41) is 6.53. The molecule has 1 aliphatic heterocycles. The van der Waals surface area contributed by atoms with Crippen LogP contribution in [0.5, 0.6) is 0 Å². The Labute approximate surface area is 184 Å². The number of halogens is 1. The minimum Gasteiger partial charge on any atom is -0.357 e. The maximum absolute atomic E-state index is 12.7. The van der Waals surface area contributed by atoms with E-state index in [1.54, 1.807) is 0 Å². The van der Waals surface area contributed by atoms with Gasteiger partial charge in [0.2, 0.25) is 5.91 Å². The smallest absolute Gasteiger partial charge is 0.248 e. The average Bonchev–Trinajstić information content (AvgIpc) is 2.72. The minimum absolute atomic E-state index is 0. The zero-order valence-electron chi connectivity index (χ0n) is 16.4. The second-order valence-electron chi connectivity index (χ2n) is 6.64. The van der Waals surface area contributed by atoms with Crippen LogP contribution in [-0.2, 0) is 17.6 Å². The predicted octanol–water partition coefficient (Wildman–Crippen LogP) is 3.38. The first kappa shape index (κ1) is 22.2. The number of guanidine groups is 1. The number of carbonyl (C=O) groups is 1. The zero-order valence-corrected chi connectivity index (χ0v) is 18.7. The Balaban J connectivity index is 0.00000280. The number of carbonyl (C=O) groups excluding carboxylic acids is 1. The lowest BCUT2D eigenvalue weighted by atomic mass is 10.0. The predicted molar refractivity (Wildman–Crippen MR) is 127 cm³/mol. The van der Waals surface area contributed by atoms with Crippen molar-refractivity contribution in [3.05, 3.63) is 65.7 Å². The van der Waals surface area contributed by atoms with Gasteiger partial charge in [0, 0.05) is 25.3 Å². The molecule has 5 nitrogen and oxygen atoms in total. The molecule has 2 N–H and O–H groups in total. The Hall–Kier alpha value is -2.09. The molecule has 0 aliphatic carbocycles. The summed E-state index contributed by atoms with van der Waals surface area (Å²) in [7, 11) is 0. The van der Waals surface area contributed by atoms with Crippen molar-refractivity contribution in [3.63, 3.8) is 0 Å². The second kappa shape index (κ2) is 11.7. The van der Waals surface area contributed by atoms with Gasteiger partial charge < -0.3 is 15.5 Å². The van der Waals surface area contributed by atoms with Crippen LogP contribution in [0, 0.1) is 0 Å². The molecule has 1 amide bonds. The number of anilines is 1. The molecule has 3 rings (SSSR count). The molecular weight excluding hydrogens is 463 g/mol. The first-order valence-corrected chi connectivity index (χ1v) is 9.72. The number of aliphatic imine (C=N–C) groups is 1. The Kier molecular flexibility index (Phi) is 9.27. The van der Waals surface area contributed by atoms with Crippen LogP contribution < -0.4 is 15.5 Å². The van der Waals surface area contributed by atoms with E-state index in [1.165, 1.54) is 11.1 Å². The Morgan fingerprint density at radius 1 is 1.07 bits per heavy atom. The van der Waals surface area contributed by atoms with Gasteiger partial charge in [0.25, 0.3) is 0 Å². The van der Waals surface area contributed by atoms with Crippen LogP contribution in [0.25, 0.3) is 0 Å². The molecule has 0 fully saturated rings. The molecule has 0 saturated carbocycles. The van der Waals surface area contributed by atoms with Gasteiger partial charge in [-0.3, -0.25) is 4.79 Å². The van der Waals surface area contributed by atoms with E-state index in [0.29, 0.717) is 5.96 Å². The maximum Gasteiger partial charge on any atom is 0.248 e. The topological polar surface area (TPSA) is 56.7 Å². The molecule has 0 bridgehead atoms. The van der Waals surface area contributed by atoms with Crippen molar-refractivity contribution in [2.75, 3.05) is 31.1 Å². The van der Waals surface area contributed by atoms with Crippen LogP contribution in [0.2, 0.25) is 0 Å². The maximum atomic E-state index is 12.7. The summed E-state index contributed by atoms with van der Waals surface area (Å²) in [5.74, 6) is 0.731. The summed E-state index contributed by atoms with van der Waals surface area (Å²) in [6, 6.07) is 18.5. The van der Waals surface area contributed by atoms with Gasteiger partial charge >= 0.3 is 0 Å². The normalized spacial score (nSPS) is 13.3. The molecule has 0 unspecified atom stereocenters. The van der Waals surface area contributed by atoms with Crippen molar-refractivity contribution in [1.82, 2.24) is 10.6 Å². The van der Waals surface area contributed by atoms with Crippen molar-refractivity contribution in [2.24, 2.45) is 4.99 Å². The van der Waals surface area contributed by atoms with Crippen LogP contribution in [0.3, 0.4) is 0 Å². The van der Waals surface area contributed by atoms with Gasteiger partial charge in [-0.2, -0.15) is 0 Å². The Morgan fingerprint density at radius 2 is 1.82 bits per heavy atom. The van der Waals surface area contributed by atoms with E-state index >= 15 is 0 Å². The fraction of sp³-hybridized carbons (Fsp3) is 0.364. The van der Waals surface area contributed by atoms with E-state index in [4.69, 9.17) is 0 Å². The second-order valence-corrected chi connectivity index (χ2v) is 6.64. The molecular formula is C22H29IN4O. The van der Waals surface area contributed by atoms with Gasteiger partial charge in [-0.05, 0) is 43.4 Å². The summed E-state index contributed by atoms with van der Waals surface area (Å²) in [6.07, 6.45) is 2.95. The number of aryl methyl sites for hydroxylation is 1. The molecule has 1 heterocycles. The van der Waals surface area contributed by atoms with Gasteiger partial charge in [-0.1, -0.05) is 48.5 Å². The molecule has 2 aromatic rings. The standard InChI is InChI=1S/C22H28N4O.HI/c1-2-23-22(24-15-14-18-9-4-3-5-10-18)25-17-21(27)26-16-8-12-19-11-6-7-13-20(19)26;/h3-7,9-11,13H,2,8,12,14-17H2,1H3,(H2,23,24,25);1H. The van der Waals surface area contributed by atoms with Crippen LogP contribution in [0.15, 0.2) is 59.6 Å². The number of rotatable bonds is 6. The number of benzene rings is 2. The van der Waals surface area contributed by atoms with Crippen molar-refractivity contribution < 1.29 is 4.79 Å². The molecule has 6 heteroatoms. The highest BCUT2D eigenvalue weighted by Crippen LogP contribution is 2.26. The number of nitrogens with zero attached hydrogens (tertiary/aromatic N) is 2. The third-order valence-electron chi connectivity index (χ3n) is 4.68. The fourth-order valence-corrected chi connectivity index (χ4v) is 3.34. The van der Waals surface area contributed by atoms with Crippen LogP contribution in [-0.4, -0.2) is 38.0 Å². The first-order valence-electron chi connectivity index (χ1n) is 9.72. The molecule has 0 spiro atoms. The number of hydrogen-bond acceptors (Lipinski definition) is 2. The highest BCUT2D eigenvalue weighted by molar-refractivity contribution is 14.0. The van der Waals surface area contributed by atoms with E-state index in [9.17, 15) is 4.79 Å².